The highest BCUT2D eigenvalue weighted by Crippen LogP contribution is 2.22. The van der Waals surface area contributed by atoms with Crippen LogP contribution in [0.4, 0.5) is 0 Å². The van der Waals surface area contributed by atoms with Crippen LogP contribution in [0.25, 0.3) is 5.69 Å². The molecule has 1 aromatic heterocycles. The van der Waals surface area contributed by atoms with E-state index in [2.05, 4.69) is 5.10 Å². The number of phenolic OH excluding ortho intramolecular Hbond substituents is 1. The molecule has 2 rings (SSSR count). The molecule has 0 unspecified atom stereocenters. The Labute approximate surface area is 94.3 Å². The number of aromatic hydroxyl groups is 1. The Morgan fingerprint density at radius 1 is 1.38 bits per heavy atom. The van der Waals surface area contributed by atoms with Crippen LogP contribution in [0.5, 0.6) is 5.75 Å². The summed E-state index contributed by atoms with van der Waals surface area (Å²) in [4.78, 5) is 0. The lowest BCUT2D eigenvalue weighted by Crippen LogP contribution is -2.04. The van der Waals surface area contributed by atoms with Crippen molar-refractivity contribution in [3.8, 4) is 11.4 Å². The van der Waals surface area contributed by atoms with Gasteiger partial charge < -0.3 is 10.8 Å². The monoisotopic (exact) mass is 217 g/mol. The lowest BCUT2D eigenvalue weighted by atomic mass is 10.2. The molecule has 0 radical (unpaired) electrons. The molecule has 0 aliphatic carbocycles. The zero-order chi connectivity index (χ0) is 11.5. The maximum Gasteiger partial charge on any atom is 0.141 e. The van der Waals surface area contributed by atoms with Gasteiger partial charge in [0, 0.05) is 5.69 Å². The van der Waals surface area contributed by atoms with Crippen molar-refractivity contribution in [1.29, 1.82) is 0 Å². The van der Waals surface area contributed by atoms with Crippen LogP contribution in [0.15, 0.2) is 30.5 Å². The second-order valence-electron chi connectivity index (χ2n) is 3.69. The van der Waals surface area contributed by atoms with E-state index < -0.39 is 0 Å². The molecule has 0 amide bonds. The summed E-state index contributed by atoms with van der Waals surface area (Å²) in [6.07, 6.45) is 2.61. The van der Waals surface area contributed by atoms with Crippen molar-refractivity contribution >= 4 is 0 Å². The summed E-state index contributed by atoms with van der Waals surface area (Å²) in [5.74, 6) is 0.230. The van der Waals surface area contributed by atoms with Gasteiger partial charge in [0.15, 0.2) is 0 Å². The number of benzene rings is 1. The molecular weight excluding hydrogens is 202 g/mol. The molecule has 0 saturated carbocycles. The SMILES string of the molecule is Cc1c(CCN)cnn1-c1ccccc1O. The molecule has 1 heterocycles. The van der Waals surface area contributed by atoms with Gasteiger partial charge in [-0.15, -0.1) is 0 Å². The molecule has 2 aromatic rings. The molecule has 3 N–H and O–H groups in total. The van der Waals surface area contributed by atoms with Crippen LogP contribution in [0.1, 0.15) is 11.3 Å². The Bertz CT molecular complexity index is 491. The number of para-hydroxylation sites is 2. The van der Waals surface area contributed by atoms with Gasteiger partial charge in [0.2, 0.25) is 0 Å². The topological polar surface area (TPSA) is 64.1 Å². The highest BCUT2D eigenvalue weighted by Gasteiger charge is 2.09. The average molecular weight is 217 g/mol. The molecule has 0 spiro atoms. The molecule has 0 bridgehead atoms. The van der Waals surface area contributed by atoms with Gasteiger partial charge >= 0.3 is 0 Å². The van der Waals surface area contributed by atoms with Crippen LogP contribution >= 0.6 is 0 Å². The van der Waals surface area contributed by atoms with E-state index >= 15 is 0 Å². The maximum atomic E-state index is 9.74. The van der Waals surface area contributed by atoms with Crippen molar-refractivity contribution in [3.05, 3.63) is 41.7 Å². The molecule has 16 heavy (non-hydrogen) atoms. The van der Waals surface area contributed by atoms with Crippen LogP contribution in [0.2, 0.25) is 0 Å². The Morgan fingerprint density at radius 2 is 2.12 bits per heavy atom. The minimum atomic E-state index is 0.230. The molecule has 0 saturated heterocycles. The summed E-state index contributed by atoms with van der Waals surface area (Å²) in [7, 11) is 0. The summed E-state index contributed by atoms with van der Waals surface area (Å²) in [6, 6.07) is 7.15. The molecule has 0 atom stereocenters. The van der Waals surface area contributed by atoms with E-state index in [0.29, 0.717) is 12.2 Å². The lowest BCUT2D eigenvalue weighted by molar-refractivity contribution is 0.470. The predicted molar refractivity (Wildman–Crippen MR) is 62.7 cm³/mol. The highest BCUT2D eigenvalue weighted by molar-refractivity contribution is 5.46. The minimum absolute atomic E-state index is 0.230. The molecule has 0 fully saturated rings. The number of phenols is 1. The first-order chi connectivity index (χ1) is 7.74. The third kappa shape index (κ3) is 1.79. The van der Waals surface area contributed by atoms with Gasteiger partial charge in [0.05, 0.1) is 6.20 Å². The number of hydrogen-bond acceptors (Lipinski definition) is 3. The Hall–Kier alpha value is -1.81. The van der Waals surface area contributed by atoms with E-state index in [1.807, 2.05) is 19.1 Å². The Kier molecular flexibility index (Phi) is 2.92. The van der Waals surface area contributed by atoms with Crippen molar-refractivity contribution < 1.29 is 5.11 Å². The highest BCUT2D eigenvalue weighted by atomic mass is 16.3. The van der Waals surface area contributed by atoms with Crippen molar-refractivity contribution in [2.45, 2.75) is 13.3 Å². The second-order valence-corrected chi connectivity index (χ2v) is 3.69. The molecule has 84 valence electrons. The fraction of sp³-hybridized carbons (Fsp3) is 0.250. The summed E-state index contributed by atoms with van der Waals surface area (Å²) in [5, 5.41) is 14.0. The van der Waals surface area contributed by atoms with Crippen LogP contribution in [-0.4, -0.2) is 21.4 Å². The van der Waals surface area contributed by atoms with Crippen LogP contribution in [-0.2, 0) is 6.42 Å². The van der Waals surface area contributed by atoms with E-state index in [0.717, 1.165) is 17.7 Å². The lowest BCUT2D eigenvalue weighted by Gasteiger charge is -2.07. The Morgan fingerprint density at radius 3 is 2.81 bits per heavy atom. The first-order valence-electron chi connectivity index (χ1n) is 5.26. The zero-order valence-electron chi connectivity index (χ0n) is 9.22. The van der Waals surface area contributed by atoms with Gasteiger partial charge in [0.25, 0.3) is 0 Å². The maximum absolute atomic E-state index is 9.74. The van der Waals surface area contributed by atoms with E-state index in [9.17, 15) is 5.11 Å². The number of nitrogens with zero attached hydrogens (tertiary/aromatic N) is 2. The van der Waals surface area contributed by atoms with E-state index in [4.69, 9.17) is 5.73 Å². The molecule has 0 aliphatic rings. The fourth-order valence-corrected chi connectivity index (χ4v) is 1.73. The van der Waals surface area contributed by atoms with Crippen LogP contribution in [0, 0.1) is 6.92 Å². The molecule has 4 nitrogen and oxygen atoms in total. The molecule has 4 heteroatoms. The third-order valence-corrected chi connectivity index (χ3v) is 2.64. The quantitative estimate of drug-likeness (QED) is 0.816. The Balaban J connectivity index is 2.45. The van der Waals surface area contributed by atoms with Gasteiger partial charge in [-0.1, -0.05) is 12.1 Å². The normalized spacial score (nSPS) is 10.6. The number of nitrogens with two attached hydrogens (primary N) is 1. The van der Waals surface area contributed by atoms with Gasteiger partial charge in [-0.3, -0.25) is 0 Å². The third-order valence-electron chi connectivity index (χ3n) is 2.64. The fourth-order valence-electron chi connectivity index (χ4n) is 1.73. The summed E-state index contributed by atoms with van der Waals surface area (Å²) in [6.45, 7) is 2.58. The largest absolute Gasteiger partial charge is 0.506 e. The van der Waals surface area contributed by atoms with E-state index in [-0.39, 0.29) is 5.75 Å². The standard InChI is InChI=1S/C12H15N3O/c1-9-10(6-7-13)8-14-15(9)11-4-2-3-5-12(11)16/h2-5,8,16H,6-7,13H2,1H3. The van der Waals surface area contributed by atoms with Gasteiger partial charge in [0.1, 0.15) is 11.4 Å². The minimum Gasteiger partial charge on any atom is -0.506 e. The number of aromatic nitrogens is 2. The predicted octanol–water partition coefficient (Wildman–Crippen LogP) is 1.39. The average Bonchev–Trinajstić information content (AvgIpc) is 2.62. The van der Waals surface area contributed by atoms with Crippen molar-refractivity contribution in [1.82, 2.24) is 9.78 Å². The van der Waals surface area contributed by atoms with Crippen molar-refractivity contribution in [2.24, 2.45) is 5.73 Å². The zero-order valence-corrected chi connectivity index (χ0v) is 9.22. The second kappa shape index (κ2) is 4.37. The first-order valence-corrected chi connectivity index (χ1v) is 5.26. The molecule has 1 aromatic carbocycles. The smallest absolute Gasteiger partial charge is 0.141 e. The van der Waals surface area contributed by atoms with Gasteiger partial charge in [-0.25, -0.2) is 4.68 Å². The van der Waals surface area contributed by atoms with E-state index in [1.165, 1.54) is 0 Å². The molecule has 0 aliphatic heterocycles. The number of hydrogen-bond donors (Lipinski definition) is 2. The molecular formula is C12H15N3O. The summed E-state index contributed by atoms with van der Waals surface area (Å²) in [5.41, 5.74) is 8.36. The van der Waals surface area contributed by atoms with E-state index in [1.54, 1.807) is 23.0 Å². The van der Waals surface area contributed by atoms with Crippen molar-refractivity contribution in [2.75, 3.05) is 6.54 Å². The van der Waals surface area contributed by atoms with Crippen molar-refractivity contribution in [3.63, 3.8) is 0 Å². The van der Waals surface area contributed by atoms with Crippen LogP contribution < -0.4 is 5.73 Å². The van der Waals surface area contributed by atoms with Gasteiger partial charge in [-0.2, -0.15) is 5.10 Å². The first kappa shape index (κ1) is 10.7. The number of rotatable bonds is 3. The summed E-state index contributed by atoms with van der Waals surface area (Å²) >= 11 is 0. The van der Waals surface area contributed by atoms with Crippen LogP contribution in [0.3, 0.4) is 0 Å². The summed E-state index contributed by atoms with van der Waals surface area (Å²) < 4.78 is 1.74. The van der Waals surface area contributed by atoms with Gasteiger partial charge in [-0.05, 0) is 37.6 Å².